The van der Waals surface area contributed by atoms with E-state index >= 15 is 0 Å². The van der Waals surface area contributed by atoms with E-state index in [4.69, 9.17) is 0 Å². The highest BCUT2D eigenvalue weighted by Crippen LogP contribution is 2.30. The quantitative estimate of drug-likeness (QED) is 0.739. The fourth-order valence-electron chi connectivity index (χ4n) is 2.12. The summed E-state index contributed by atoms with van der Waals surface area (Å²) in [4.78, 5) is 0. The topological polar surface area (TPSA) is 12.0 Å². The van der Waals surface area contributed by atoms with Crippen LogP contribution in [0.1, 0.15) is 24.1 Å². The van der Waals surface area contributed by atoms with Crippen molar-refractivity contribution in [2.45, 2.75) is 13.0 Å². The number of halogens is 4. The Kier molecular flexibility index (Phi) is 5.29. The van der Waals surface area contributed by atoms with Crippen LogP contribution in [0.25, 0.3) is 0 Å². The van der Waals surface area contributed by atoms with Crippen molar-refractivity contribution in [1.82, 2.24) is 5.32 Å². The molecule has 1 N–H and O–H groups in total. The summed E-state index contributed by atoms with van der Waals surface area (Å²) in [5.74, 6) is -1.10. The smallest absolute Gasteiger partial charge is 0.131 e. The minimum Gasteiger partial charge on any atom is -0.306 e. The Morgan fingerprint density at radius 1 is 1.05 bits per heavy atom. The van der Waals surface area contributed by atoms with E-state index in [-0.39, 0.29) is 5.56 Å². The van der Waals surface area contributed by atoms with E-state index in [2.05, 4.69) is 37.2 Å². The number of hydrogen-bond donors (Lipinski definition) is 1. The van der Waals surface area contributed by atoms with Gasteiger partial charge in [0.05, 0.1) is 6.04 Å². The Morgan fingerprint density at radius 2 is 1.60 bits per heavy atom. The molecule has 1 nitrogen and oxygen atoms in total. The molecule has 1 unspecified atom stereocenters. The summed E-state index contributed by atoms with van der Waals surface area (Å²) in [7, 11) is 0. The number of benzene rings is 2. The first-order valence-electron chi connectivity index (χ1n) is 6.16. The normalized spacial score (nSPS) is 12.4. The largest absolute Gasteiger partial charge is 0.306 e. The van der Waals surface area contributed by atoms with Gasteiger partial charge < -0.3 is 5.32 Å². The van der Waals surface area contributed by atoms with Crippen molar-refractivity contribution in [3.05, 3.63) is 68.1 Å². The van der Waals surface area contributed by atoms with Crippen LogP contribution in [0, 0.1) is 11.6 Å². The molecule has 0 aromatic heterocycles. The summed E-state index contributed by atoms with van der Waals surface area (Å²) in [6.07, 6.45) is 0. The van der Waals surface area contributed by atoms with E-state index in [1.54, 1.807) is 0 Å². The zero-order valence-corrected chi connectivity index (χ0v) is 13.9. The molecular weight excluding hydrogens is 392 g/mol. The first-order chi connectivity index (χ1) is 9.52. The Bertz CT molecular complexity index is 576. The molecule has 0 fully saturated rings. The third-order valence-corrected chi connectivity index (χ3v) is 3.83. The van der Waals surface area contributed by atoms with Crippen LogP contribution in [0.5, 0.6) is 0 Å². The molecule has 0 spiro atoms. The van der Waals surface area contributed by atoms with Gasteiger partial charge in [-0.25, -0.2) is 8.78 Å². The molecule has 0 aliphatic carbocycles. The lowest BCUT2D eigenvalue weighted by Crippen LogP contribution is -2.24. The zero-order chi connectivity index (χ0) is 14.7. The van der Waals surface area contributed by atoms with Gasteiger partial charge in [0, 0.05) is 14.5 Å². The Labute approximate surface area is 133 Å². The molecule has 5 heteroatoms. The highest BCUT2D eigenvalue weighted by atomic mass is 79.9. The number of rotatable bonds is 4. The van der Waals surface area contributed by atoms with E-state index in [1.165, 1.54) is 18.2 Å². The van der Waals surface area contributed by atoms with E-state index in [0.717, 1.165) is 14.5 Å². The average Bonchev–Trinajstić information content (AvgIpc) is 2.36. The standard InChI is InChI=1S/C15H13Br2F2N/c1-2-20-15(9-6-10(16)8-11(17)7-9)14-12(18)4-3-5-13(14)19/h3-8,15,20H,2H2,1H3. The van der Waals surface area contributed by atoms with Gasteiger partial charge in [-0.15, -0.1) is 0 Å². The lowest BCUT2D eigenvalue weighted by Gasteiger charge is -2.20. The lowest BCUT2D eigenvalue weighted by atomic mass is 9.97. The first kappa shape index (κ1) is 15.6. The third kappa shape index (κ3) is 3.45. The van der Waals surface area contributed by atoms with Gasteiger partial charge in [-0.1, -0.05) is 44.8 Å². The van der Waals surface area contributed by atoms with Gasteiger partial charge in [-0.05, 0) is 42.4 Å². The van der Waals surface area contributed by atoms with Crippen LogP contribution in [-0.4, -0.2) is 6.54 Å². The van der Waals surface area contributed by atoms with Crippen molar-refractivity contribution < 1.29 is 8.78 Å². The second kappa shape index (κ2) is 6.78. The SMILES string of the molecule is CCNC(c1cc(Br)cc(Br)c1)c1c(F)cccc1F. The molecular formula is C15H13Br2F2N. The lowest BCUT2D eigenvalue weighted by molar-refractivity contribution is 0.510. The molecule has 0 amide bonds. The molecule has 0 aliphatic heterocycles. The molecule has 0 bridgehead atoms. The zero-order valence-electron chi connectivity index (χ0n) is 10.8. The Hall–Kier alpha value is -0.780. The third-order valence-electron chi connectivity index (χ3n) is 2.91. The molecule has 2 aromatic rings. The molecule has 0 saturated heterocycles. The van der Waals surface area contributed by atoms with E-state index in [9.17, 15) is 8.78 Å². The first-order valence-corrected chi connectivity index (χ1v) is 7.74. The maximum absolute atomic E-state index is 14.0. The van der Waals surface area contributed by atoms with Crippen molar-refractivity contribution in [2.24, 2.45) is 0 Å². The van der Waals surface area contributed by atoms with Crippen molar-refractivity contribution in [3.63, 3.8) is 0 Å². The van der Waals surface area contributed by atoms with Gasteiger partial charge >= 0.3 is 0 Å². The van der Waals surface area contributed by atoms with Crippen LogP contribution in [0.3, 0.4) is 0 Å². The van der Waals surface area contributed by atoms with E-state index in [0.29, 0.717) is 6.54 Å². The van der Waals surface area contributed by atoms with Crippen LogP contribution in [0.15, 0.2) is 45.3 Å². The van der Waals surface area contributed by atoms with E-state index < -0.39 is 17.7 Å². The van der Waals surface area contributed by atoms with Gasteiger partial charge in [0.25, 0.3) is 0 Å². The second-order valence-electron chi connectivity index (χ2n) is 4.33. The van der Waals surface area contributed by atoms with Crippen molar-refractivity contribution >= 4 is 31.9 Å². The van der Waals surface area contributed by atoms with Gasteiger partial charge in [0.15, 0.2) is 0 Å². The Morgan fingerprint density at radius 3 is 2.10 bits per heavy atom. The molecule has 0 aliphatic rings. The molecule has 106 valence electrons. The second-order valence-corrected chi connectivity index (χ2v) is 6.16. The summed E-state index contributed by atoms with van der Waals surface area (Å²) in [6.45, 7) is 2.50. The summed E-state index contributed by atoms with van der Waals surface area (Å²) in [6, 6.07) is 8.97. The predicted molar refractivity (Wildman–Crippen MR) is 83.7 cm³/mol. The maximum atomic E-state index is 14.0. The van der Waals surface area contributed by atoms with Crippen molar-refractivity contribution in [3.8, 4) is 0 Å². The van der Waals surface area contributed by atoms with Gasteiger partial charge in [0.1, 0.15) is 11.6 Å². The van der Waals surface area contributed by atoms with Crippen LogP contribution < -0.4 is 5.32 Å². The molecule has 20 heavy (non-hydrogen) atoms. The highest BCUT2D eigenvalue weighted by molar-refractivity contribution is 9.11. The Balaban J connectivity index is 2.56. The van der Waals surface area contributed by atoms with Crippen molar-refractivity contribution in [2.75, 3.05) is 6.54 Å². The summed E-state index contributed by atoms with van der Waals surface area (Å²) < 4.78 is 29.7. The summed E-state index contributed by atoms with van der Waals surface area (Å²) in [5.41, 5.74) is 0.830. The molecule has 2 aromatic carbocycles. The minimum atomic E-state index is -0.549. The summed E-state index contributed by atoms with van der Waals surface area (Å²) >= 11 is 6.79. The molecule has 1 atom stereocenters. The summed E-state index contributed by atoms with van der Waals surface area (Å²) in [5, 5.41) is 3.13. The van der Waals surface area contributed by atoms with Crippen LogP contribution in [0.2, 0.25) is 0 Å². The fraction of sp³-hybridized carbons (Fsp3) is 0.200. The van der Waals surface area contributed by atoms with Gasteiger partial charge in [0.2, 0.25) is 0 Å². The molecule has 2 rings (SSSR count). The van der Waals surface area contributed by atoms with Crippen LogP contribution >= 0.6 is 31.9 Å². The highest BCUT2D eigenvalue weighted by Gasteiger charge is 2.21. The predicted octanol–water partition coefficient (Wildman–Crippen LogP) is 5.19. The number of nitrogens with one attached hydrogen (secondary N) is 1. The van der Waals surface area contributed by atoms with Gasteiger partial charge in [-0.3, -0.25) is 0 Å². The molecule has 0 radical (unpaired) electrons. The van der Waals surface area contributed by atoms with Crippen molar-refractivity contribution in [1.29, 1.82) is 0 Å². The molecule has 0 heterocycles. The van der Waals surface area contributed by atoms with Crippen LogP contribution in [0.4, 0.5) is 8.78 Å². The van der Waals surface area contributed by atoms with E-state index in [1.807, 2.05) is 25.1 Å². The average molecular weight is 405 g/mol. The minimum absolute atomic E-state index is 0.0411. The maximum Gasteiger partial charge on any atom is 0.131 e. The van der Waals surface area contributed by atoms with Crippen LogP contribution in [-0.2, 0) is 0 Å². The monoisotopic (exact) mass is 403 g/mol. The van der Waals surface area contributed by atoms with Gasteiger partial charge in [-0.2, -0.15) is 0 Å². The molecule has 0 saturated carbocycles. The fourth-order valence-corrected chi connectivity index (χ4v) is 3.45. The number of hydrogen-bond acceptors (Lipinski definition) is 1.